The van der Waals surface area contributed by atoms with E-state index in [9.17, 15) is 4.79 Å². The number of hydrogen-bond donors (Lipinski definition) is 0. The molecular formula is C4H7OS. The van der Waals surface area contributed by atoms with Crippen molar-refractivity contribution >= 4 is 16.9 Å². The van der Waals surface area contributed by atoms with Gasteiger partial charge in [-0.3, -0.25) is 4.79 Å². The maximum atomic E-state index is 10.1. The van der Waals surface area contributed by atoms with Gasteiger partial charge in [0.1, 0.15) is 0 Å². The predicted molar refractivity (Wildman–Crippen MR) is 28.5 cm³/mol. The molecule has 0 saturated heterocycles. The van der Waals surface area contributed by atoms with Gasteiger partial charge in [-0.1, -0.05) is 11.8 Å². The maximum absolute atomic E-state index is 10.1. The largest absolute Gasteiger partial charge is 0.287 e. The molecule has 0 atom stereocenters. The molecule has 0 aliphatic heterocycles. The van der Waals surface area contributed by atoms with Crippen molar-refractivity contribution in [1.29, 1.82) is 0 Å². The van der Waals surface area contributed by atoms with Crippen LogP contribution in [0.25, 0.3) is 0 Å². The van der Waals surface area contributed by atoms with Gasteiger partial charge in [-0.05, 0) is 13.2 Å². The highest BCUT2D eigenvalue weighted by Gasteiger charge is 1.87. The van der Waals surface area contributed by atoms with Crippen LogP contribution in [-0.2, 0) is 4.79 Å². The molecule has 0 rings (SSSR count). The topological polar surface area (TPSA) is 17.1 Å². The lowest BCUT2D eigenvalue weighted by molar-refractivity contribution is -0.110. The summed E-state index contributed by atoms with van der Waals surface area (Å²) in [4.78, 5) is 10.1. The Morgan fingerprint density at radius 1 is 2.00 bits per heavy atom. The van der Waals surface area contributed by atoms with Crippen molar-refractivity contribution < 1.29 is 4.79 Å². The normalized spacial score (nSPS) is 8.33. The molecule has 0 bridgehead atoms. The van der Waals surface area contributed by atoms with Crippen molar-refractivity contribution in [2.24, 2.45) is 0 Å². The third kappa shape index (κ3) is 2.27. The van der Waals surface area contributed by atoms with Crippen LogP contribution in [0.15, 0.2) is 0 Å². The summed E-state index contributed by atoms with van der Waals surface area (Å²) >= 11 is 1.22. The van der Waals surface area contributed by atoms with E-state index in [1.165, 1.54) is 11.8 Å². The van der Waals surface area contributed by atoms with Gasteiger partial charge in [-0.25, -0.2) is 0 Å². The Morgan fingerprint density at radius 3 is 2.50 bits per heavy atom. The van der Waals surface area contributed by atoms with Gasteiger partial charge in [0.25, 0.3) is 0 Å². The van der Waals surface area contributed by atoms with Crippen LogP contribution in [-0.4, -0.2) is 11.4 Å². The van der Waals surface area contributed by atoms with Gasteiger partial charge in [-0.2, -0.15) is 0 Å². The van der Waals surface area contributed by atoms with E-state index in [4.69, 9.17) is 0 Å². The van der Waals surface area contributed by atoms with E-state index >= 15 is 0 Å². The molecule has 0 aromatic rings. The minimum Gasteiger partial charge on any atom is -0.287 e. The first-order valence-corrected chi connectivity index (χ1v) is 2.89. The molecule has 0 spiro atoms. The van der Waals surface area contributed by atoms with Crippen LogP contribution in [0.5, 0.6) is 0 Å². The van der Waals surface area contributed by atoms with Gasteiger partial charge in [0.15, 0.2) is 5.12 Å². The summed E-state index contributed by atoms with van der Waals surface area (Å²) in [6.45, 7) is 3.39. The van der Waals surface area contributed by atoms with Gasteiger partial charge in [0.2, 0.25) is 0 Å². The van der Waals surface area contributed by atoms with Gasteiger partial charge in [-0.15, -0.1) is 0 Å². The number of rotatable bonds is 1. The smallest absolute Gasteiger partial charge is 0.188 e. The van der Waals surface area contributed by atoms with Crippen molar-refractivity contribution in [2.75, 3.05) is 6.26 Å². The first kappa shape index (κ1) is 6.02. The fourth-order valence-electron chi connectivity index (χ4n) is 0.102. The first-order chi connectivity index (χ1) is 2.81. The van der Waals surface area contributed by atoms with Crippen molar-refractivity contribution in [1.82, 2.24) is 0 Å². The Hall–Kier alpha value is 0.0200. The van der Waals surface area contributed by atoms with E-state index in [1.54, 1.807) is 6.26 Å². The summed E-state index contributed by atoms with van der Waals surface area (Å²) in [5.74, 6) is 0. The molecule has 0 unspecified atom stereocenters. The molecule has 0 fully saturated rings. The standard InChI is InChI=1S/C4H7OS/c1-3-4(5)6-2/h1,3H2,2H3. The molecule has 0 amide bonds. The Bertz CT molecular complexity index is 45.5. The summed E-state index contributed by atoms with van der Waals surface area (Å²) in [7, 11) is 0. The zero-order valence-electron chi connectivity index (χ0n) is 3.73. The Balaban J connectivity index is 2.99. The summed E-state index contributed by atoms with van der Waals surface area (Å²) in [6, 6.07) is 0. The third-order valence-electron chi connectivity index (χ3n) is 0.432. The summed E-state index contributed by atoms with van der Waals surface area (Å²) in [6.07, 6.45) is 2.16. The van der Waals surface area contributed by atoms with Crippen LogP contribution < -0.4 is 0 Å². The zero-order valence-corrected chi connectivity index (χ0v) is 4.55. The fourth-order valence-corrected chi connectivity index (χ4v) is 0.306. The molecular weight excluding hydrogens is 96.1 g/mol. The van der Waals surface area contributed by atoms with E-state index < -0.39 is 0 Å². The van der Waals surface area contributed by atoms with Crippen LogP contribution in [0.1, 0.15) is 6.42 Å². The van der Waals surface area contributed by atoms with Gasteiger partial charge in [0.05, 0.1) is 0 Å². The van der Waals surface area contributed by atoms with E-state index in [1.807, 2.05) is 0 Å². The fraction of sp³-hybridized carbons (Fsp3) is 0.500. The Kier molecular flexibility index (Phi) is 3.23. The van der Waals surface area contributed by atoms with Gasteiger partial charge in [0, 0.05) is 6.42 Å². The monoisotopic (exact) mass is 103 g/mol. The van der Waals surface area contributed by atoms with E-state index in [0.717, 1.165) is 0 Å². The van der Waals surface area contributed by atoms with E-state index in [-0.39, 0.29) is 5.12 Å². The Labute approximate surface area is 42.1 Å². The minimum atomic E-state index is 0.148. The molecule has 0 aliphatic rings. The SMILES string of the molecule is [CH2]CC(=O)SC. The average molecular weight is 103 g/mol. The molecule has 0 aromatic carbocycles. The average Bonchev–Trinajstić information content (AvgIpc) is 1.65. The third-order valence-corrected chi connectivity index (χ3v) is 1.09. The highest BCUT2D eigenvalue weighted by molar-refractivity contribution is 8.13. The van der Waals surface area contributed by atoms with Gasteiger partial charge < -0.3 is 0 Å². The minimum absolute atomic E-state index is 0.148. The second kappa shape index (κ2) is 3.22. The lowest BCUT2D eigenvalue weighted by Crippen LogP contribution is -1.82. The Morgan fingerprint density at radius 2 is 2.50 bits per heavy atom. The summed E-state index contributed by atoms with van der Waals surface area (Å²) in [5, 5.41) is 0.148. The molecule has 0 N–H and O–H groups in total. The summed E-state index contributed by atoms with van der Waals surface area (Å²) in [5.41, 5.74) is 0. The second-order valence-corrected chi connectivity index (χ2v) is 1.69. The van der Waals surface area contributed by atoms with Crippen molar-refractivity contribution in [3.8, 4) is 0 Å². The molecule has 6 heavy (non-hydrogen) atoms. The predicted octanol–water partition coefficient (Wildman–Crippen LogP) is 1.10. The molecule has 1 nitrogen and oxygen atoms in total. The maximum Gasteiger partial charge on any atom is 0.188 e. The number of carbonyl (C=O) groups excluding carboxylic acids is 1. The van der Waals surface area contributed by atoms with Crippen LogP contribution >= 0.6 is 11.8 Å². The lowest BCUT2D eigenvalue weighted by Gasteiger charge is -1.80. The van der Waals surface area contributed by atoms with Crippen LogP contribution in [0.3, 0.4) is 0 Å². The van der Waals surface area contributed by atoms with Crippen molar-refractivity contribution in [2.45, 2.75) is 6.42 Å². The molecule has 0 aromatic heterocycles. The second-order valence-electron chi connectivity index (χ2n) is 0.826. The molecule has 1 radical (unpaired) electrons. The van der Waals surface area contributed by atoms with Crippen LogP contribution in [0, 0.1) is 6.92 Å². The van der Waals surface area contributed by atoms with Crippen molar-refractivity contribution in [3.63, 3.8) is 0 Å². The van der Waals surface area contributed by atoms with E-state index in [0.29, 0.717) is 6.42 Å². The van der Waals surface area contributed by atoms with Crippen LogP contribution in [0.4, 0.5) is 0 Å². The molecule has 0 saturated carbocycles. The first-order valence-electron chi connectivity index (χ1n) is 1.67. The van der Waals surface area contributed by atoms with E-state index in [2.05, 4.69) is 6.92 Å². The molecule has 35 valence electrons. The quantitative estimate of drug-likeness (QED) is 0.494. The molecule has 0 heterocycles. The summed E-state index contributed by atoms with van der Waals surface area (Å²) < 4.78 is 0. The van der Waals surface area contributed by atoms with Crippen LogP contribution in [0.2, 0.25) is 0 Å². The molecule has 2 heteroatoms. The van der Waals surface area contributed by atoms with Gasteiger partial charge >= 0.3 is 0 Å². The highest BCUT2D eigenvalue weighted by Crippen LogP contribution is 1.95. The zero-order chi connectivity index (χ0) is 4.99. The number of carbonyl (C=O) groups is 1. The van der Waals surface area contributed by atoms with Crippen molar-refractivity contribution in [3.05, 3.63) is 6.92 Å². The molecule has 0 aliphatic carbocycles. The lowest BCUT2D eigenvalue weighted by atomic mass is 10.6. The number of hydrogen-bond acceptors (Lipinski definition) is 2. The number of thioether (sulfide) groups is 1. The highest BCUT2D eigenvalue weighted by atomic mass is 32.2.